The summed E-state index contributed by atoms with van der Waals surface area (Å²) in [6.07, 6.45) is 5.77. The number of hydrogen-bond donors (Lipinski definition) is 0. The predicted molar refractivity (Wildman–Crippen MR) is 82.7 cm³/mol. The fourth-order valence-electron chi connectivity index (χ4n) is 3.05. The van der Waals surface area contributed by atoms with E-state index in [2.05, 4.69) is 5.10 Å². The van der Waals surface area contributed by atoms with Gasteiger partial charge in [0.05, 0.1) is 6.54 Å². The van der Waals surface area contributed by atoms with Gasteiger partial charge in [0.2, 0.25) is 0 Å². The molecule has 1 aromatic carbocycles. The zero-order valence-corrected chi connectivity index (χ0v) is 12.2. The molecule has 0 unspecified atom stereocenters. The van der Waals surface area contributed by atoms with E-state index in [1.54, 1.807) is 6.20 Å². The van der Waals surface area contributed by atoms with E-state index in [1.165, 1.54) is 0 Å². The highest BCUT2D eigenvalue weighted by Crippen LogP contribution is 2.28. The molecule has 1 amide bonds. The van der Waals surface area contributed by atoms with Crippen molar-refractivity contribution >= 4 is 16.9 Å². The molecular formula is C17H17N3O2. The number of carbonyl (C=O) groups is 1. The number of fused-ring (bicyclic) bond motifs is 1. The Morgan fingerprint density at radius 1 is 1.18 bits per heavy atom. The van der Waals surface area contributed by atoms with E-state index < -0.39 is 0 Å². The topological polar surface area (TPSA) is 51.3 Å². The number of aromatic nitrogens is 2. The lowest BCUT2D eigenvalue weighted by molar-refractivity contribution is 0.0762. The smallest absolute Gasteiger partial charge is 0.289 e. The van der Waals surface area contributed by atoms with E-state index in [9.17, 15) is 4.79 Å². The monoisotopic (exact) mass is 295 g/mol. The first-order valence-corrected chi connectivity index (χ1v) is 7.60. The Hall–Kier alpha value is -2.56. The number of likely N-dealkylation sites (tertiary alicyclic amines) is 1. The summed E-state index contributed by atoms with van der Waals surface area (Å²) < 4.78 is 7.71. The van der Waals surface area contributed by atoms with Crippen molar-refractivity contribution in [1.29, 1.82) is 0 Å². The first-order chi connectivity index (χ1) is 10.8. The van der Waals surface area contributed by atoms with Gasteiger partial charge in [-0.25, -0.2) is 0 Å². The van der Waals surface area contributed by atoms with Gasteiger partial charge in [-0.15, -0.1) is 0 Å². The largest absolute Gasteiger partial charge is 0.451 e. The van der Waals surface area contributed by atoms with Gasteiger partial charge >= 0.3 is 0 Å². The van der Waals surface area contributed by atoms with Crippen LogP contribution in [0.2, 0.25) is 0 Å². The lowest BCUT2D eigenvalue weighted by Gasteiger charge is -2.14. The van der Waals surface area contributed by atoms with E-state index in [0.29, 0.717) is 12.3 Å². The molecule has 112 valence electrons. The summed E-state index contributed by atoms with van der Waals surface area (Å²) in [5, 5.41) is 5.23. The highest BCUT2D eigenvalue weighted by Gasteiger charge is 2.27. The van der Waals surface area contributed by atoms with Crippen LogP contribution in [0.15, 0.2) is 47.1 Å². The van der Waals surface area contributed by atoms with Crippen molar-refractivity contribution in [2.75, 3.05) is 13.1 Å². The fraction of sp³-hybridized carbons (Fsp3) is 0.294. The first-order valence-electron chi connectivity index (χ1n) is 7.60. The standard InChI is InChI=1S/C17H17N3O2/c21-17(19-9-3-4-10-19)16-14(12-20-11-5-8-18-20)13-6-1-2-7-15(13)22-16/h1-2,5-8,11H,3-4,9-10,12H2. The average molecular weight is 295 g/mol. The Morgan fingerprint density at radius 2 is 2.00 bits per heavy atom. The average Bonchev–Trinajstić information content (AvgIpc) is 3.28. The van der Waals surface area contributed by atoms with Crippen LogP contribution in [0.1, 0.15) is 29.0 Å². The van der Waals surface area contributed by atoms with Crippen LogP contribution in [0.3, 0.4) is 0 Å². The Morgan fingerprint density at radius 3 is 2.77 bits per heavy atom. The molecule has 1 fully saturated rings. The van der Waals surface area contributed by atoms with Gasteiger partial charge in [0.15, 0.2) is 5.76 Å². The van der Waals surface area contributed by atoms with Crippen LogP contribution < -0.4 is 0 Å². The van der Waals surface area contributed by atoms with Crippen LogP contribution in [-0.2, 0) is 6.54 Å². The number of amides is 1. The summed E-state index contributed by atoms with van der Waals surface area (Å²) in [4.78, 5) is 14.6. The highest BCUT2D eigenvalue weighted by molar-refractivity contribution is 5.99. The van der Waals surface area contributed by atoms with Crippen LogP contribution in [0, 0.1) is 0 Å². The maximum absolute atomic E-state index is 12.8. The summed E-state index contributed by atoms with van der Waals surface area (Å²) in [7, 11) is 0. The Bertz CT molecular complexity index is 799. The van der Waals surface area contributed by atoms with Crippen molar-refractivity contribution in [2.24, 2.45) is 0 Å². The molecule has 1 aliphatic heterocycles. The first kappa shape index (κ1) is 13.1. The van der Waals surface area contributed by atoms with E-state index in [0.717, 1.165) is 42.5 Å². The summed E-state index contributed by atoms with van der Waals surface area (Å²) in [6.45, 7) is 2.17. The van der Waals surface area contributed by atoms with Crippen LogP contribution in [-0.4, -0.2) is 33.7 Å². The summed E-state index contributed by atoms with van der Waals surface area (Å²) in [5.41, 5.74) is 1.67. The number of hydrogen-bond acceptors (Lipinski definition) is 3. The second-order valence-electron chi connectivity index (χ2n) is 5.61. The number of carbonyl (C=O) groups excluding carboxylic acids is 1. The Labute approximate surface area is 128 Å². The molecule has 5 heteroatoms. The summed E-state index contributed by atoms with van der Waals surface area (Å²) >= 11 is 0. The van der Waals surface area contributed by atoms with Crippen molar-refractivity contribution in [2.45, 2.75) is 19.4 Å². The quantitative estimate of drug-likeness (QED) is 0.746. The highest BCUT2D eigenvalue weighted by atomic mass is 16.3. The predicted octanol–water partition coefficient (Wildman–Crippen LogP) is 2.91. The zero-order valence-electron chi connectivity index (χ0n) is 12.2. The van der Waals surface area contributed by atoms with E-state index in [1.807, 2.05) is 46.1 Å². The molecule has 0 saturated carbocycles. The molecule has 0 N–H and O–H groups in total. The molecule has 0 aliphatic carbocycles. The van der Waals surface area contributed by atoms with Gasteiger partial charge in [-0.1, -0.05) is 18.2 Å². The van der Waals surface area contributed by atoms with Gasteiger partial charge in [0, 0.05) is 36.4 Å². The van der Waals surface area contributed by atoms with E-state index in [-0.39, 0.29) is 5.91 Å². The maximum atomic E-state index is 12.8. The molecule has 1 aliphatic rings. The fourth-order valence-corrected chi connectivity index (χ4v) is 3.05. The molecule has 1 saturated heterocycles. The second kappa shape index (κ2) is 5.33. The number of nitrogens with zero attached hydrogens (tertiary/aromatic N) is 3. The van der Waals surface area contributed by atoms with Gasteiger partial charge in [0.25, 0.3) is 5.91 Å². The molecule has 3 aromatic rings. The lowest BCUT2D eigenvalue weighted by atomic mass is 10.1. The molecule has 0 atom stereocenters. The van der Waals surface area contributed by atoms with Crippen LogP contribution >= 0.6 is 0 Å². The van der Waals surface area contributed by atoms with E-state index in [4.69, 9.17) is 4.42 Å². The second-order valence-corrected chi connectivity index (χ2v) is 5.61. The number of para-hydroxylation sites is 1. The molecule has 22 heavy (non-hydrogen) atoms. The molecular weight excluding hydrogens is 278 g/mol. The van der Waals surface area contributed by atoms with Gasteiger partial charge < -0.3 is 9.32 Å². The number of rotatable bonds is 3. The van der Waals surface area contributed by atoms with Crippen LogP contribution in [0.25, 0.3) is 11.0 Å². The number of furan rings is 1. The van der Waals surface area contributed by atoms with Gasteiger partial charge in [0.1, 0.15) is 5.58 Å². The molecule has 4 rings (SSSR count). The van der Waals surface area contributed by atoms with Crippen molar-refractivity contribution in [3.63, 3.8) is 0 Å². The zero-order chi connectivity index (χ0) is 14.9. The lowest BCUT2D eigenvalue weighted by Crippen LogP contribution is -2.28. The molecule has 3 heterocycles. The maximum Gasteiger partial charge on any atom is 0.289 e. The molecule has 0 radical (unpaired) electrons. The van der Waals surface area contributed by atoms with Crippen molar-refractivity contribution in [3.05, 3.63) is 54.0 Å². The molecule has 2 aromatic heterocycles. The third-order valence-corrected chi connectivity index (χ3v) is 4.17. The van der Waals surface area contributed by atoms with Crippen molar-refractivity contribution < 1.29 is 9.21 Å². The molecule has 5 nitrogen and oxygen atoms in total. The summed E-state index contributed by atoms with van der Waals surface area (Å²) in [5.74, 6) is 0.453. The summed E-state index contributed by atoms with van der Waals surface area (Å²) in [6, 6.07) is 9.67. The SMILES string of the molecule is O=C(c1oc2ccccc2c1Cn1cccn1)N1CCCC1. The van der Waals surface area contributed by atoms with Gasteiger partial charge in [-0.2, -0.15) is 5.10 Å². The third kappa shape index (κ3) is 2.19. The van der Waals surface area contributed by atoms with Gasteiger partial charge in [-0.3, -0.25) is 9.48 Å². The van der Waals surface area contributed by atoms with Crippen LogP contribution in [0.5, 0.6) is 0 Å². The molecule has 0 bridgehead atoms. The Balaban J connectivity index is 1.80. The van der Waals surface area contributed by atoms with Crippen LogP contribution in [0.4, 0.5) is 0 Å². The minimum Gasteiger partial charge on any atom is -0.451 e. The van der Waals surface area contributed by atoms with Gasteiger partial charge in [-0.05, 0) is 25.0 Å². The third-order valence-electron chi connectivity index (χ3n) is 4.17. The number of benzene rings is 1. The Kier molecular flexibility index (Phi) is 3.18. The normalized spacial score (nSPS) is 14.8. The van der Waals surface area contributed by atoms with E-state index >= 15 is 0 Å². The van der Waals surface area contributed by atoms with Crippen molar-refractivity contribution in [1.82, 2.24) is 14.7 Å². The minimum absolute atomic E-state index is 0.00384. The minimum atomic E-state index is -0.00384. The van der Waals surface area contributed by atoms with Crippen molar-refractivity contribution in [3.8, 4) is 0 Å². The molecule has 0 spiro atoms.